The molecule has 0 heterocycles. The Morgan fingerprint density at radius 3 is 2.66 bits per heavy atom. The minimum Gasteiger partial charge on any atom is -0.494 e. The van der Waals surface area contributed by atoms with Gasteiger partial charge in [-0.1, -0.05) is 38.0 Å². The van der Waals surface area contributed by atoms with Gasteiger partial charge in [0.25, 0.3) is 5.91 Å². The average Bonchev–Trinajstić information content (AvgIpc) is 3.32. The van der Waals surface area contributed by atoms with E-state index < -0.39 is 5.91 Å². The number of benzene rings is 2. The summed E-state index contributed by atoms with van der Waals surface area (Å²) in [5.41, 5.74) is 7.49. The third-order valence-electron chi connectivity index (χ3n) is 6.95. The molecule has 1 aliphatic rings. The first-order chi connectivity index (χ1) is 16.9. The van der Waals surface area contributed by atoms with Crippen molar-refractivity contribution in [1.29, 1.82) is 0 Å². The van der Waals surface area contributed by atoms with Crippen molar-refractivity contribution >= 4 is 11.8 Å². The number of halogens is 1. The predicted octanol–water partition coefficient (Wildman–Crippen LogP) is 5.06. The molecule has 0 spiro atoms. The normalized spacial score (nSPS) is 18.1. The number of rotatable bonds is 13. The molecule has 3 rings (SSSR count). The third-order valence-corrected chi connectivity index (χ3v) is 6.95. The predicted molar refractivity (Wildman–Crippen MR) is 134 cm³/mol. The van der Waals surface area contributed by atoms with Gasteiger partial charge in [0.15, 0.2) is 18.2 Å². The molecule has 6 nitrogen and oxygen atoms in total. The van der Waals surface area contributed by atoms with Crippen molar-refractivity contribution < 1.29 is 23.5 Å². The topological polar surface area (TPSA) is 90.7 Å². The van der Waals surface area contributed by atoms with Gasteiger partial charge in [-0.05, 0) is 78.8 Å². The van der Waals surface area contributed by atoms with Gasteiger partial charge in [0.1, 0.15) is 5.75 Å². The number of primary amides is 1. The van der Waals surface area contributed by atoms with Crippen LogP contribution < -0.4 is 20.5 Å². The molecule has 7 heteroatoms. The van der Waals surface area contributed by atoms with Gasteiger partial charge in [-0.15, -0.1) is 0 Å². The summed E-state index contributed by atoms with van der Waals surface area (Å²) in [4.78, 5) is 22.5. The van der Waals surface area contributed by atoms with Crippen molar-refractivity contribution in [3.05, 3.63) is 59.4 Å². The van der Waals surface area contributed by atoms with E-state index in [2.05, 4.69) is 24.4 Å². The first-order valence-corrected chi connectivity index (χ1v) is 12.5. The first kappa shape index (κ1) is 26.5. The Morgan fingerprint density at radius 2 is 1.94 bits per heavy atom. The van der Waals surface area contributed by atoms with Crippen LogP contribution in [-0.4, -0.2) is 32.1 Å². The van der Waals surface area contributed by atoms with Gasteiger partial charge in [0.2, 0.25) is 5.91 Å². The summed E-state index contributed by atoms with van der Waals surface area (Å²) in [5.74, 6) is 1.59. The highest BCUT2D eigenvalue weighted by atomic mass is 19.1. The van der Waals surface area contributed by atoms with Crippen LogP contribution in [0.1, 0.15) is 74.8 Å². The molecule has 3 N–H and O–H groups in total. The average molecular weight is 485 g/mol. The monoisotopic (exact) mass is 484 g/mol. The summed E-state index contributed by atoms with van der Waals surface area (Å²) in [6, 6.07) is 13.2. The Kier molecular flexibility index (Phi) is 9.94. The van der Waals surface area contributed by atoms with E-state index in [0.717, 1.165) is 24.3 Å². The molecule has 0 aromatic heterocycles. The summed E-state index contributed by atoms with van der Waals surface area (Å²) < 4.78 is 24.3. The largest absolute Gasteiger partial charge is 0.494 e. The van der Waals surface area contributed by atoms with Crippen molar-refractivity contribution in [1.82, 2.24) is 5.32 Å². The fourth-order valence-corrected chi connectivity index (χ4v) is 4.86. The van der Waals surface area contributed by atoms with Gasteiger partial charge in [-0.3, -0.25) is 9.59 Å². The number of nitrogens with one attached hydrogen (secondary N) is 1. The Labute approximate surface area is 207 Å². The molecule has 35 heavy (non-hydrogen) atoms. The number of hydrogen-bond donors (Lipinski definition) is 2. The second kappa shape index (κ2) is 13.1. The van der Waals surface area contributed by atoms with E-state index in [1.165, 1.54) is 44.4 Å². The van der Waals surface area contributed by atoms with Crippen molar-refractivity contribution in [2.24, 2.45) is 11.7 Å². The summed E-state index contributed by atoms with van der Waals surface area (Å²) >= 11 is 0. The van der Waals surface area contributed by atoms with Gasteiger partial charge >= 0.3 is 0 Å². The van der Waals surface area contributed by atoms with Crippen molar-refractivity contribution in [3.63, 3.8) is 0 Å². The molecular formula is C28H37FN2O4. The lowest BCUT2D eigenvalue weighted by Crippen LogP contribution is -2.31. The number of carbonyl (C=O) groups excluding carboxylic acids is 2. The Bertz CT molecular complexity index is 979. The second-order valence-corrected chi connectivity index (χ2v) is 9.53. The van der Waals surface area contributed by atoms with E-state index in [-0.39, 0.29) is 31.3 Å². The number of carbonyl (C=O) groups is 2. The van der Waals surface area contributed by atoms with E-state index in [1.807, 2.05) is 24.3 Å². The molecular weight excluding hydrogens is 447 g/mol. The van der Waals surface area contributed by atoms with Crippen LogP contribution in [-0.2, 0) is 9.59 Å². The first-order valence-electron chi connectivity index (χ1n) is 12.5. The zero-order chi connectivity index (χ0) is 25.2. The lowest BCUT2D eigenvalue weighted by Gasteiger charge is -2.16. The van der Waals surface area contributed by atoms with Crippen LogP contribution in [0, 0.1) is 11.7 Å². The fourth-order valence-electron chi connectivity index (χ4n) is 4.86. The second-order valence-electron chi connectivity index (χ2n) is 9.53. The number of nitrogens with two attached hydrogens (primary N) is 1. The number of methoxy groups -OCH3 is 1. The van der Waals surface area contributed by atoms with Gasteiger partial charge in [-0.25, -0.2) is 4.39 Å². The van der Waals surface area contributed by atoms with Gasteiger partial charge in [0, 0.05) is 13.0 Å². The molecule has 0 bridgehead atoms. The molecule has 2 amide bonds. The summed E-state index contributed by atoms with van der Waals surface area (Å²) in [6.07, 6.45) is 7.20. The third kappa shape index (κ3) is 8.26. The van der Waals surface area contributed by atoms with Crippen LogP contribution >= 0.6 is 0 Å². The highest BCUT2D eigenvalue weighted by molar-refractivity contribution is 5.79. The number of ether oxygens (including phenoxy) is 2. The van der Waals surface area contributed by atoms with Crippen LogP contribution in [0.3, 0.4) is 0 Å². The molecule has 3 unspecified atom stereocenters. The molecule has 0 radical (unpaired) electrons. The number of amides is 2. The molecule has 190 valence electrons. The summed E-state index contributed by atoms with van der Waals surface area (Å²) in [5, 5.41) is 2.60. The minimum absolute atomic E-state index is 0.0905. The van der Waals surface area contributed by atoms with Crippen molar-refractivity contribution in [2.75, 3.05) is 20.3 Å². The highest BCUT2D eigenvalue weighted by Crippen LogP contribution is 2.41. The zero-order valence-corrected chi connectivity index (χ0v) is 20.7. The minimum atomic E-state index is -0.448. The van der Waals surface area contributed by atoms with Crippen LogP contribution in [0.25, 0.3) is 0 Å². The molecule has 2 aromatic rings. The quantitative estimate of drug-likeness (QED) is 0.416. The Balaban J connectivity index is 1.37. The fraction of sp³-hybridized carbons (Fsp3) is 0.500. The van der Waals surface area contributed by atoms with Crippen LogP contribution in [0.15, 0.2) is 42.5 Å². The van der Waals surface area contributed by atoms with Gasteiger partial charge < -0.3 is 20.5 Å². The van der Waals surface area contributed by atoms with E-state index in [1.54, 1.807) is 0 Å². The van der Waals surface area contributed by atoms with Crippen molar-refractivity contribution in [3.8, 4) is 11.5 Å². The molecule has 0 aliphatic heterocycles. The number of hydrogen-bond acceptors (Lipinski definition) is 4. The molecule has 1 saturated carbocycles. The molecule has 0 saturated heterocycles. The van der Waals surface area contributed by atoms with Gasteiger partial charge in [-0.2, -0.15) is 0 Å². The smallest absolute Gasteiger partial charge is 0.257 e. The van der Waals surface area contributed by atoms with E-state index in [9.17, 15) is 14.0 Å². The molecule has 1 fully saturated rings. The lowest BCUT2D eigenvalue weighted by molar-refractivity contribution is -0.123. The van der Waals surface area contributed by atoms with Crippen LogP contribution in [0.2, 0.25) is 0 Å². The summed E-state index contributed by atoms with van der Waals surface area (Å²) in [6.45, 7) is 2.32. The lowest BCUT2D eigenvalue weighted by atomic mass is 9.91. The standard InChI is InChI=1S/C28H37FN2O4/c1-19(22-10-13-25(29)26(17-22)34-2)4-3-5-20-6-7-23(16-20)21-8-11-24(12-9-21)35-18-28(33)31-15-14-27(30)32/h8-13,17,19-20,23H,3-7,14-16,18H2,1-2H3,(H2,30,32)(H,31,33). The van der Waals surface area contributed by atoms with E-state index in [0.29, 0.717) is 23.3 Å². The maximum Gasteiger partial charge on any atom is 0.257 e. The molecule has 3 atom stereocenters. The maximum atomic E-state index is 13.7. The molecule has 1 aliphatic carbocycles. The Morgan fingerprint density at radius 1 is 1.17 bits per heavy atom. The van der Waals surface area contributed by atoms with Crippen molar-refractivity contribution in [2.45, 2.75) is 63.7 Å². The Hall–Kier alpha value is -3.09. The van der Waals surface area contributed by atoms with E-state index in [4.69, 9.17) is 15.2 Å². The van der Waals surface area contributed by atoms with Gasteiger partial charge in [0.05, 0.1) is 7.11 Å². The SMILES string of the molecule is COc1cc(C(C)CCCC2CCC(c3ccc(OCC(=O)NCCC(N)=O)cc3)C2)ccc1F. The van der Waals surface area contributed by atoms with Crippen LogP contribution in [0.4, 0.5) is 4.39 Å². The zero-order valence-electron chi connectivity index (χ0n) is 20.7. The molecule has 2 aromatic carbocycles. The van der Waals surface area contributed by atoms with Crippen LogP contribution in [0.5, 0.6) is 11.5 Å². The van der Waals surface area contributed by atoms with E-state index >= 15 is 0 Å². The highest BCUT2D eigenvalue weighted by Gasteiger charge is 2.25. The summed E-state index contributed by atoms with van der Waals surface area (Å²) in [7, 11) is 1.50. The maximum absolute atomic E-state index is 13.7.